The molecule has 5 nitrogen and oxygen atoms in total. The molecular weight excluding hydrogens is 232 g/mol. The number of nitro benzene ring substituents is 1. The Morgan fingerprint density at radius 3 is 2.78 bits per heavy atom. The minimum Gasteiger partial charge on any atom is -0.396 e. The van der Waals surface area contributed by atoms with Crippen molar-refractivity contribution >= 4 is 5.69 Å². The molecule has 1 atom stereocenters. The molecular formula is C13H20N2O3. The SMILES string of the molecule is CCC(CCO)NCc1cccc([N+](=O)[O-])c1C. The average Bonchev–Trinajstić information content (AvgIpc) is 2.35. The quantitative estimate of drug-likeness (QED) is 0.576. The van der Waals surface area contributed by atoms with Gasteiger partial charge in [-0.3, -0.25) is 10.1 Å². The minimum atomic E-state index is -0.357. The lowest BCUT2D eigenvalue weighted by molar-refractivity contribution is -0.385. The second-order valence-electron chi connectivity index (χ2n) is 4.32. The number of nitrogens with zero attached hydrogens (tertiary/aromatic N) is 1. The van der Waals surface area contributed by atoms with Gasteiger partial charge < -0.3 is 10.4 Å². The molecule has 0 heterocycles. The molecule has 0 aliphatic heterocycles. The highest BCUT2D eigenvalue weighted by Gasteiger charge is 2.13. The predicted octanol–water partition coefficient (Wildman–Crippen LogP) is 2.15. The topological polar surface area (TPSA) is 75.4 Å². The van der Waals surface area contributed by atoms with E-state index in [2.05, 4.69) is 5.32 Å². The number of aliphatic hydroxyl groups is 1. The molecule has 0 spiro atoms. The summed E-state index contributed by atoms with van der Waals surface area (Å²) in [5.41, 5.74) is 1.79. The molecule has 0 aliphatic rings. The normalized spacial score (nSPS) is 12.4. The molecule has 18 heavy (non-hydrogen) atoms. The van der Waals surface area contributed by atoms with Gasteiger partial charge in [0, 0.05) is 30.8 Å². The number of rotatable bonds is 7. The Balaban J connectivity index is 2.73. The van der Waals surface area contributed by atoms with E-state index in [1.165, 1.54) is 6.07 Å². The van der Waals surface area contributed by atoms with E-state index in [0.717, 1.165) is 12.0 Å². The molecule has 1 rings (SSSR count). The maximum atomic E-state index is 10.8. The minimum absolute atomic E-state index is 0.152. The Labute approximate surface area is 107 Å². The van der Waals surface area contributed by atoms with Crippen molar-refractivity contribution in [3.05, 3.63) is 39.4 Å². The molecule has 1 aromatic carbocycles. The smallest absolute Gasteiger partial charge is 0.272 e. The molecule has 0 radical (unpaired) electrons. The number of aliphatic hydroxyl groups excluding tert-OH is 1. The summed E-state index contributed by atoms with van der Waals surface area (Å²) in [5, 5.41) is 23.0. The first-order chi connectivity index (χ1) is 8.60. The first-order valence-electron chi connectivity index (χ1n) is 6.17. The van der Waals surface area contributed by atoms with Crippen LogP contribution in [0.15, 0.2) is 18.2 Å². The van der Waals surface area contributed by atoms with E-state index in [1.54, 1.807) is 13.0 Å². The van der Waals surface area contributed by atoms with Crippen LogP contribution in [0, 0.1) is 17.0 Å². The molecule has 0 aliphatic carbocycles. The molecule has 0 saturated carbocycles. The first-order valence-corrected chi connectivity index (χ1v) is 6.17. The van der Waals surface area contributed by atoms with Crippen molar-refractivity contribution in [3.8, 4) is 0 Å². The first kappa shape index (κ1) is 14.6. The van der Waals surface area contributed by atoms with Gasteiger partial charge in [-0.15, -0.1) is 0 Å². The van der Waals surface area contributed by atoms with Crippen LogP contribution in [0.5, 0.6) is 0 Å². The van der Waals surface area contributed by atoms with Crippen molar-refractivity contribution in [1.82, 2.24) is 5.32 Å². The van der Waals surface area contributed by atoms with Gasteiger partial charge in [-0.2, -0.15) is 0 Å². The van der Waals surface area contributed by atoms with Crippen molar-refractivity contribution < 1.29 is 10.0 Å². The van der Waals surface area contributed by atoms with Crippen LogP contribution in [-0.2, 0) is 6.54 Å². The van der Waals surface area contributed by atoms with Gasteiger partial charge in [0.1, 0.15) is 0 Å². The van der Waals surface area contributed by atoms with Crippen LogP contribution in [0.1, 0.15) is 30.9 Å². The fourth-order valence-corrected chi connectivity index (χ4v) is 1.92. The van der Waals surface area contributed by atoms with E-state index >= 15 is 0 Å². The van der Waals surface area contributed by atoms with Gasteiger partial charge in [0.15, 0.2) is 0 Å². The summed E-state index contributed by atoms with van der Waals surface area (Å²) in [6, 6.07) is 5.36. The summed E-state index contributed by atoms with van der Waals surface area (Å²) in [4.78, 5) is 10.5. The Morgan fingerprint density at radius 2 is 2.22 bits per heavy atom. The zero-order valence-corrected chi connectivity index (χ0v) is 10.8. The van der Waals surface area contributed by atoms with Crippen LogP contribution in [-0.4, -0.2) is 22.7 Å². The van der Waals surface area contributed by atoms with Gasteiger partial charge in [-0.1, -0.05) is 19.1 Å². The molecule has 0 amide bonds. The average molecular weight is 252 g/mol. The maximum absolute atomic E-state index is 10.8. The zero-order valence-electron chi connectivity index (χ0n) is 10.8. The molecule has 2 N–H and O–H groups in total. The van der Waals surface area contributed by atoms with Gasteiger partial charge in [-0.25, -0.2) is 0 Å². The summed E-state index contributed by atoms with van der Waals surface area (Å²) in [7, 11) is 0. The Kier molecular flexibility index (Phi) is 5.74. The Morgan fingerprint density at radius 1 is 1.50 bits per heavy atom. The third-order valence-corrected chi connectivity index (χ3v) is 3.17. The lowest BCUT2D eigenvalue weighted by Crippen LogP contribution is -2.29. The number of nitro groups is 1. The van der Waals surface area contributed by atoms with Crippen molar-refractivity contribution in [3.63, 3.8) is 0 Å². The van der Waals surface area contributed by atoms with Gasteiger partial charge in [0.2, 0.25) is 0 Å². The summed E-state index contributed by atoms with van der Waals surface area (Å²) >= 11 is 0. The second kappa shape index (κ2) is 7.08. The van der Waals surface area contributed by atoms with Gasteiger partial charge in [-0.05, 0) is 25.3 Å². The van der Waals surface area contributed by atoms with Crippen molar-refractivity contribution in [2.75, 3.05) is 6.61 Å². The molecule has 0 bridgehead atoms. The van der Waals surface area contributed by atoms with Crippen LogP contribution in [0.3, 0.4) is 0 Å². The van der Waals surface area contributed by atoms with Crippen molar-refractivity contribution in [2.45, 2.75) is 39.3 Å². The number of nitrogens with one attached hydrogen (secondary N) is 1. The standard InChI is InChI=1S/C13H20N2O3/c1-3-12(7-8-16)14-9-11-5-4-6-13(10(11)2)15(17)18/h4-6,12,14,16H,3,7-9H2,1-2H3. The highest BCUT2D eigenvalue weighted by molar-refractivity contribution is 5.44. The van der Waals surface area contributed by atoms with Gasteiger partial charge in [0.25, 0.3) is 5.69 Å². The summed E-state index contributed by atoms with van der Waals surface area (Å²) in [5.74, 6) is 0. The Hall–Kier alpha value is -1.46. The predicted molar refractivity (Wildman–Crippen MR) is 70.5 cm³/mol. The van der Waals surface area contributed by atoms with Crippen LogP contribution in [0.4, 0.5) is 5.69 Å². The van der Waals surface area contributed by atoms with E-state index in [4.69, 9.17) is 5.11 Å². The van der Waals surface area contributed by atoms with E-state index in [0.29, 0.717) is 18.5 Å². The van der Waals surface area contributed by atoms with Crippen LogP contribution < -0.4 is 5.32 Å². The fraction of sp³-hybridized carbons (Fsp3) is 0.538. The summed E-state index contributed by atoms with van der Waals surface area (Å²) in [6.07, 6.45) is 1.62. The lowest BCUT2D eigenvalue weighted by atomic mass is 10.1. The Bertz CT molecular complexity index is 407. The highest BCUT2D eigenvalue weighted by atomic mass is 16.6. The molecule has 0 fully saturated rings. The number of hydrogen-bond acceptors (Lipinski definition) is 4. The highest BCUT2D eigenvalue weighted by Crippen LogP contribution is 2.21. The summed E-state index contributed by atoms with van der Waals surface area (Å²) < 4.78 is 0. The third-order valence-electron chi connectivity index (χ3n) is 3.17. The largest absolute Gasteiger partial charge is 0.396 e. The fourth-order valence-electron chi connectivity index (χ4n) is 1.92. The van der Waals surface area contributed by atoms with Crippen molar-refractivity contribution in [1.29, 1.82) is 0 Å². The molecule has 0 aromatic heterocycles. The summed E-state index contributed by atoms with van der Waals surface area (Å²) in [6.45, 7) is 4.56. The van der Waals surface area contributed by atoms with Crippen LogP contribution in [0.25, 0.3) is 0 Å². The third kappa shape index (κ3) is 3.78. The van der Waals surface area contributed by atoms with E-state index in [1.807, 2.05) is 13.0 Å². The monoisotopic (exact) mass is 252 g/mol. The van der Waals surface area contributed by atoms with Crippen LogP contribution >= 0.6 is 0 Å². The van der Waals surface area contributed by atoms with Gasteiger partial charge in [0.05, 0.1) is 4.92 Å². The van der Waals surface area contributed by atoms with Crippen molar-refractivity contribution in [2.24, 2.45) is 0 Å². The van der Waals surface area contributed by atoms with E-state index < -0.39 is 0 Å². The molecule has 0 saturated heterocycles. The van der Waals surface area contributed by atoms with E-state index in [9.17, 15) is 10.1 Å². The van der Waals surface area contributed by atoms with Gasteiger partial charge >= 0.3 is 0 Å². The maximum Gasteiger partial charge on any atom is 0.272 e. The molecule has 1 aromatic rings. The number of hydrogen-bond donors (Lipinski definition) is 2. The molecule has 100 valence electrons. The van der Waals surface area contributed by atoms with Crippen LogP contribution in [0.2, 0.25) is 0 Å². The zero-order chi connectivity index (χ0) is 13.5. The number of benzene rings is 1. The second-order valence-corrected chi connectivity index (χ2v) is 4.32. The lowest BCUT2D eigenvalue weighted by Gasteiger charge is -2.16. The molecule has 1 unspecified atom stereocenters. The molecule has 5 heteroatoms. The van der Waals surface area contributed by atoms with E-state index in [-0.39, 0.29) is 23.3 Å².